The van der Waals surface area contributed by atoms with Crippen molar-refractivity contribution in [1.29, 1.82) is 0 Å². The molecule has 0 spiro atoms. The van der Waals surface area contributed by atoms with Crippen molar-refractivity contribution in [3.05, 3.63) is 30.3 Å². The minimum Gasteiger partial charge on any atom is -0.479 e. The molecular weight excluding hydrogens is 327 g/mol. The van der Waals surface area contributed by atoms with Crippen molar-refractivity contribution in [2.75, 3.05) is 18.0 Å². The lowest BCUT2D eigenvalue weighted by Gasteiger charge is -2.34. The molecule has 0 amide bonds. The van der Waals surface area contributed by atoms with Crippen LogP contribution in [0.5, 0.6) is 0 Å². The summed E-state index contributed by atoms with van der Waals surface area (Å²) in [6, 6.07) is 4.48. The van der Waals surface area contributed by atoms with E-state index in [-0.39, 0.29) is 11.7 Å². The van der Waals surface area contributed by atoms with Crippen LogP contribution >= 0.6 is 0 Å². The molecule has 0 aliphatic carbocycles. The fourth-order valence-corrected chi connectivity index (χ4v) is 3.59. The molecular formula is C17H17FN4O3. The van der Waals surface area contributed by atoms with E-state index in [1.54, 1.807) is 6.07 Å². The number of carbonyl (C=O) groups is 1. The third-order valence-electron chi connectivity index (χ3n) is 4.79. The molecule has 130 valence electrons. The standard InChI is InChI=1S/C17H17FN4O3/c18-10-3-4-11-12(6-10)21-15-13(11)16(20-8-19-15)22-5-1-2-9(7-22)14(23)17(24)25/h3-4,6,8-9,14,23H,1-2,5,7H2,(H,24,25)(H,19,20,21)/t9-,14+/m1/s1. The van der Waals surface area contributed by atoms with Gasteiger partial charge in [-0.15, -0.1) is 0 Å². The number of nitrogens with zero attached hydrogens (tertiary/aromatic N) is 3. The van der Waals surface area contributed by atoms with Gasteiger partial charge in [0, 0.05) is 24.4 Å². The number of piperidine rings is 1. The van der Waals surface area contributed by atoms with Gasteiger partial charge in [0.2, 0.25) is 0 Å². The number of aliphatic carboxylic acids is 1. The zero-order valence-corrected chi connectivity index (χ0v) is 13.3. The van der Waals surface area contributed by atoms with Crippen LogP contribution in [0.2, 0.25) is 0 Å². The van der Waals surface area contributed by atoms with Crippen molar-refractivity contribution in [2.24, 2.45) is 5.92 Å². The molecule has 1 aromatic carbocycles. The number of hydrogen-bond acceptors (Lipinski definition) is 5. The Kier molecular flexibility index (Phi) is 3.76. The molecule has 1 aliphatic heterocycles. The van der Waals surface area contributed by atoms with Gasteiger partial charge in [-0.25, -0.2) is 19.2 Å². The number of carboxylic acid groups (broad SMARTS) is 1. The number of anilines is 1. The minimum absolute atomic E-state index is 0.337. The first-order valence-electron chi connectivity index (χ1n) is 8.12. The van der Waals surface area contributed by atoms with E-state index in [1.807, 2.05) is 4.90 Å². The Bertz CT molecular complexity index is 958. The summed E-state index contributed by atoms with van der Waals surface area (Å²) in [5.74, 6) is -1.23. The monoisotopic (exact) mass is 344 g/mol. The molecule has 1 saturated heterocycles. The lowest BCUT2D eigenvalue weighted by Crippen LogP contribution is -2.43. The van der Waals surface area contributed by atoms with E-state index in [0.717, 1.165) is 17.2 Å². The van der Waals surface area contributed by atoms with E-state index in [1.165, 1.54) is 18.5 Å². The number of benzene rings is 1. The van der Waals surface area contributed by atoms with Gasteiger partial charge in [-0.05, 0) is 31.0 Å². The van der Waals surface area contributed by atoms with Crippen LogP contribution in [0.15, 0.2) is 24.5 Å². The highest BCUT2D eigenvalue weighted by atomic mass is 19.1. The van der Waals surface area contributed by atoms with Crippen molar-refractivity contribution >= 4 is 33.7 Å². The van der Waals surface area contributed by atoms with Gasteiger partial charge < -0.3 is 20.1 Å². The molecule has 8 heteroatoms. The molecule has 7 nitrogen and oxygen atoms in total. The largest absolute Gasteiger partial charge is 0.479 e. The van der Waals surface area contributed by atoms with Gasteiger partial charge in [0.15, 0.2) is 6.10 Å². The fraction of sp³-hybridized carbons (Fsp3) is 0.353. The average molecular weight is 344 g/mol. The number of aromatic amines is 1. The molecule has 2 aromatic heterocycles. The summed E-state index contributed by atoms with van der Waals surface area (Å²) < 4.78 is 13.5. The number of carboxylic acids is 1. The van der Waals surface area contributed by atoms with Crippen LogP contribution in [0.4, 0.5) is 10.2 Å². The molecule has 0 radical (unpaired) electrons. The van der Waals surface area contributed by atoms with Crippen molar-refractivity contribution in [2.45, 2.75) is 18.9 Å². The van der Waals surface area contributed by atoms with Gasteiger partial charge in [0.05, 0.1) is 10.9 Å². The first kappa shape index (κ1) is 15.8. The highest BCUT2D eigenvalue weighted by molar-refractivity contribution is 6.11. The topological polar surface area (TPSA) is 102 Å². The van der Waals surface area contributed by atoms with Gasteiger partial charge >= 0.3 is 5.97 Å². The molecule has 0 saturated carbocycles. The first-order chi connectivity index (χ1) is 12.0. The Hall–Kier alpha value is -2.74. The maximum Gasteiger partial charge on any atom is 0.332 e. The summed E-state index contributed by atoms with van der Waals surface area (Å²) in [6.07, 6.45) is 1.45. The SMILES string of the molecule is O=C(O)[C@@H](O)[C@@H]1CCCN(c2ncnc3[nH]c4cc(F)ccc4c23)C1. The first-order valence-corrected chi connectivity index (χ1v) is 8.12. The second-order valence-corrected chi connectivity index (χ2v) is 6.37. The van der Waals surface area contributed by atoms with Crippen molar-refractivity contribution in [3.63, 3.8) is 0 Å². The third kappa shape index (κ3) is 2.68. The summed E-state index contributed by atoms with van der Waals surface area (Å²) >= 11 is 0. The Labute approximate surface area is 142 Å². The lowest BCUT2D eigenvalue weighted by molar-refractivity contribution is -0.149. The zero-order chi connectivity index (χ0) is 17.6. The van der Waals surface area contributed by atoms with Crippen molar-refractivity contribution in [1.82, 2.24) is 15.0 Å². The van der Waals surface area contributed by atoms with Crippen molar-refractivity contribution in [3.8, 4) is 0 Å². The smallest absolute Gasteiger partial charge is 0.332 e. The predicted octanol–water partition coefficient (Wildman–Crippen LogP) is 1.91. The van der Waals surface area contributed by atoms with E-state index in [2.05, 4.69) is 15.0 Å². The number of halogens is 1. The summed E-state index contributed by atoms with van der Waals surface area (Å²) in [5.41, 5.74) is 1.24. The number of aliphatic hydroxyl groups is 1. The molecule has 1 fully saturated rings. The molecule has 1 aliphatic rings. The highest BCUT2D eigenvalue weighted by Gasteiger charge is 2.31. The summed E-state index contributed by atoms with van der Waals surface area (Å²) in [7, 11) is 0. The van der Waals surface area contributed by atoms with Crippen LogP contribution < -0.4 is 4.90 Å². The maximum absolute atomic E-state index is 13.5. The second-order valence-electron chi connectivity index (χ2n) is 6.37. The van der Waals surface area contributed by atoms with Gasteiger partial charge in [0.1, 0.15) is 23.6 Å². The third-order valence-corrected chi connectivity index (χ3v) is 4.79. The minimum atomic E-state index is -1.39. The van der Waals surface area contributed by atoms with Gasteiger partial charge in [-0.3, -0.25) is 0 Å². The number of rotatable bonds is 3. The summed E-state index contributed by atoms with van der Waals surface area (Å²) in [6.45, 7) is 1.11. The molecule has 3 aromatic rings. The molecule has 2 atom stereocenters. The van der Waals surface area contributed by atoms with Crippen LogP contribution in [0.25, 0.3) is 21.9 Å². The Balaban J connectivity index is 1.78. The second kappa shape index (κ2) is 5.96. The molecule has 3 heterocycles. The Morgan fingerprint density at radius 1 is 1.40 bits per heavy atom. The van der Waals surface area contributed by atoms with E-state index in [9.17, 15) is 14.3 Å². The number of H-pyrrole nitrogens is 1. The van der Waals surface area contributed by atoms with E-state index >= 15 is 0 Å². The quantitative estimate of drug-likeness (QED) is 0.671. The molecule has 4 rings (SSSR count). The van der Waals surface area contributed by atoms with Crippen molar-refractivity contribution < 1.29 is 19.4 Å². The summed E-state index contributed by atoms with van der Waals surface area (Å²) in [5, 5.41) is 20.5. The van der Waals surface area contributed by atoms with Crippen LogP contribution in [-0.4, -0.2) is 50.3 Å². The highest BCUT2D eigenvalue weighted by Crippen LogP contribution is 2.33. The lowest BCUT2D eigenvalue weighted by atomic mass is 9.92. The zero-order valence-electron chi connectivity index (χ0n) is 13.3. The number of aromatic nitrogens is 3. The van der Waals surface area contributed by atoms with Crippen LogP contribution in [-0.2, 0) is 4.79 Å². The number of hydrogen-bond donors (Lipinski definition) is 3. The van der Waals surface area contributed by atoms with Gasteiger partial charge in [0.25, 0.3) is 0 Å². The van der Waals surface area contributed by atoms with E-state index < -0.39 is 12.1 Å². The Morgan fingerprint density at radius 3 is 3.04 bits per heavy atom. The van der Waals surface area contributed by atoms with Gasteiger partial charge in [-0.2, -0.15) is 0 Å². The summed E-state index contributed by atoms with van der Waals surface area (Å²) in [4.78, 5) is 24.8. The normalized spacial score (nSPS) is 19.4. The van der Waals surface area contributed by atoms with E-state index in [4.69, 9.17) is 5.11 Å². The van der Waals surface area contributed by atoms with Gasteiger partial charge in [-0.1, -0.05) is 0 Å². The Morgan fingerprint density at radius 2 is 2.24 bits per heavy atom. The molecule has 3 N–H and O–H groups in total. The molecule has 25 heavy (non-hydrogen) atoms. The van der Waals surface area contributed by atoms with Crippen LogP contribution in [0.1, 0.15) is 12.8 Å². The van der Waals surface area contributed by atoms with Crippen LogP contribution in [0.3, 0.4) is 0 Å². The fourth-order valence-electron chi connectivity index (χ4n) is 3.59. The van der Waals surface area contributed by atoms with E-state index in [0.29, 0.717) is 36.5 Å². The number of nitrogens with one attached hydrogen (secondary N) is 1. The number of aliphatic hydroxyl groups excluding tert-OH is 1. The molecule has 0 bridgehead atoms. The molecule has 0 unspecified atom stereocenters. The van der Waals surface area contributed by atoms with Crippen LogP contribution in [0, 0.1) is 11.7 Å². The maximum atomic E-state index is 13.5. The number of fused-ring (bicyclic) bond motifs is 3. The predicted molar refractivity (Wildman–Crippen MR) is 89.9 cm³/mol. The average Bonchev–Trinajstić information content (AvgIpc) is 2.98.